The molecule has 9 heteroatoms. The third-order valence-corrected chi connectivity index (χ3v) is 8.36. The molecule has 0 bridgehead atoms. The van der Waals surface area contributed by atoms with Gasteiger partial charge in [0.1, 0.15) is 4.70 Å². The van der Waals surface area contributed by atoms with Crippen molar-refractivity contribution in [3.63, 3.8) is 0 Å². The standard InChI is InChI=1S/C28H24N4O2S3/c1-17-13-14-20(15-19(17)3)29-23(33)16-36-27-30-25-24(26(34)31(27)21-10-5-4-6-11-21)37-28(35)32(25)22-12-8-7-9-18(22)2/h4-15H,16H2,1-3H3,(H,29,33). The maximum absolute atomic E-state index is 13.8. The number of anilines is 1. The first-order valence-electron chi connectivity index (χ1n) is 11.6. The lowest BCUT2D eigenvalue weighted by Gasteiger charge is -2.13. The minimum absolute atomic E-state index is 0.0902. The smallest absolute Gasteiger partial charge is 0.278 e. The van der Waals surface area contributed by atoms with Crippen LogP contribution in [0.2, 0.25) is 0 Å². The molecule has 0 atom stereocenters. The Morgan fingerprint density at radius 1 is 0.946 bits per heavy atom. The third kappa shape index (κ3) is 5.02. The molecule has 0 aliphatic heterocycles. The van der Waals surface area contributed by atoms with Gasteiger partial charge < -0.3 is 5.32 Å². The van der Waals surface area contributed by atoms with Gasteiger partial charge in [-0.25, -0.2) is 4.98 Å². The van der Waals surface area contributed by atoms with Crippen molar-refractivity contribution in [3.05, 3.63) is 104 Å². The molecular weight excluding hydrogens is 521 g/mol. The Morgan fingerprint density at radius 2 is 1.68 bits per heavy atom. The number of aromatic nitrogens is 3. The monoisotopic (exact) mass is 544 g/mol. The van der Waals surface area contributed by atoms with E-state index in [0.717, 1.165) is 28.1 Å². The van der Waals surface area contributed by atoms with Crippen LogP contribution in [0.1, 0.15) is 16.7 Å². The molecule has 2 aromatic heterocycles. The Morgan fingerprint density at radius 3 is 2.41 bits per heavy atom. The molecule has 0 spiro atoms. The first-order chi connectivity index (χ1) is 17.8. The van der Waals surface area contributed by atoms with E-state index in [0.29, 0.717) is 25.1 Å². The number of thioether (sulfide) groups is 1. The van der Waals surface area contributed by atoms with Gasteiger partial charge in [0, 0.05) is 5.69 Å². The lowest BCUT2D eigenvalue weighted by atomic mass is 10.1. The largest absolute Gasteiger partial charge is 0.325 e. The normalized spacial score (nSPS) is 11.1. The second kappa shape index (κ2) is 10.5. The number of benzene rings is 3. The SMILES string of the molecule is Cc1ccc(NC(=O)CSc2nc3c(sc(=S)n3-c3ccccc3C)c(=O)n2-c2ccccc2)cc1C. The number of rotatable bonds is 6. The predicted octanol–water partition coefficient (Wildman–Crippen LogP) is 6.62. The molecule has 0 radical (unpaired) electrons. The van der Waals surface area contributed by atoms with Gasteiger partial charge in [0.15, 0.2) is 14.8 Å². The summed E-state index contributed by atoms with van der Waals surface area (Å²) in [5.74, 6) is -0.0873. The molecular formula is C28H24N4O2S3. The maximum Gasteiger partial charge on any atom is 0.278 e. The number of hydrogen-bond acceptors (Lipinski definition) is 6. The van der Waals surface area contributed by atoms with Gasteiger partial charge in [0.25, 0.3) is 5.56 Å². The molecule has 0 fully saturated rings. The van der Waals surface area contributed by atoms with Crippen LogP contribution in [0.3, 0.4) is 0 Å². The molecule has 5 aromatic rings. The fourth-order valence-electron chi connectivity index (χ4n) is 4.01. The number of nitrogens with zero attached hydrogens (tertiary/aromatic N) is 3. The van der Waals surface area contributed by atoms with Gasteiger partial charge in [-0.3, -0.25) is 18.7 Å². The zero-order chi connectivity index (χ0) is 26.1. The minimum Gasteiger partial charge on any atom is -0.325 e. The average molecular weight is 545 g/mol. The van der Waals surface area contributed by atoms with E-state index in [1.54, 1.807) is 4.57 Å². The molecule has 0 aliphatic rings. The van der Waals surface area contributed by atoms with E-state index in [4.69, 9.17) is 17.2 Å². The van der Waals surface area contributed by atoms with Crippen LogP contribution in [0.25, 0.3) is 21.7 Å². The minimum atomic E-state index is -0.211. The first-order valence-corrected chi connectivity index (χ1v) is 13.8. The van der Waals surface area contributed by atoms with Crippen molar-refractivity contribution in [2.75, 3.05) is 11.1 Å². The van der Waals surface area contributed by atoms with Crippen molar-refractivity contribution in [2.24, 2.45) is 0 Å². The molecule has 2 heterocycles. The molecule has 3 aromatic carbocycles. The fraction of sp³-hybridized carbons (Fsp3) is 0.143. The van der Waals surface area contributed by atoms with E-state index >= 15 is 0 Å². The summed E-state index contributed by atoms with van der Waals surface area (Å²) in [6, 6.07) is 23.0. The van der Waals surface area contributed by atoms with Gasteiger partial charge in [-0.15, -0.1) is 0 Å². The summed E-state index contributed by atoms with van der Waals surface area (Å²) >= 11 is 8.15. The molecule has 0 saturated carbocycles. The van der Waals surface area contributed by atoms with Gasteiger partial charge in [-0.2, -0.15) is 0 Å². The van der Waals surface area contributed by atoms with Crippen LogP contribution in [-0.2, 0) is 4.79 Å². The highest BCUT2D eigenvalue weighted by atomic mass is 32.2. The van der Waals surface area contributed by atoms with Gasteiger partial charge in [-0.05, 0) is 80.0 Å². The molecule has 186 valence electrons. The van der Waals surface area contributed by atoms with Crippen molar-refractivity contribution < 1.29 is 4.79 Å². The van der Waals surface area contributed by atoms with E-state index in [2.05, 4.69) is 5.32 Å². The molecule has 0 saturated heterocycles. The van der Waals surface area contributed by atoms with Gasteiger partial charge >= 0.3 is 0 Å². The Balaban J connectivity index is 1.58. The van der Waals surface area contributed by atoms with Gasteiger partial charge in [0.2, 0.25) is 5.91 Å². The summed E-state index contributed by atoms with van der Waals surface area (Å²) in [4.78, 5) is 31.6. The number of carbonyl (C=O) groups is 1. The topological polar surface area (TPSA) is 68.9 Å². The summed E-state index contributed by atoms with van der Waals surface area (Å²) in [7, 11) is 0. The van der Waals surface area contributed by atoms with Crippen LogP contribution in [0, 0.1) is 24.7 Å². The van der Waals surface area contributed by atoms with E-state index < -0.39 is 0 Å². The molecule has 37 heavy (non-hydrogen) atoms. The number of amides is 1. The van der Waals surface area contributed by atoms with Crippen molar-refractivity contribution in [1.29, 1.82) is 0 Å². The van der Waals surface area contributed by atoms with Crippen LogP contribution in [0.5, 0.6) is 0 Å². The highest BCUT2D eigenvalue weighted by Crippen LogP contribution is 2.28. The predicted molar refractivity (Wildman–Crippen MR) is 155 cm³/mol. The number of aryl methyl sites for hydroxylation is 3. The van der Waals surface area contributed by atoms with Crippen LogP contribution in [0.15, 0.2) is 82.7 Å². The van der Waals surface area contributed by atoms with Crippen LogP contribution in [-0.4, -0.2) is 25.8 Å². The fourth-order valence-corrected chi connectivity index (χ4v) is 6.10. The van der Waals surface area contributed by atoms with Crippen molar-refractivity contribution in [2.45, 2.75) is 25.9 Å². The zero-order valence-electron chi connectivity index (χ0n) is 20.5. The number of fused-ring (bicyclic) bond motifs is 1. The molecule has 0 aliphatic carbocycles. The zero-order valence-corrected chi connectivity index (χ0v) is 23.0. The number of para-hydroxylation sites is 2. The van der Waals surface area contributed by atoms with Crippen LogP contribution >= 0.6 is 35.3 Å². The summed E-state index contributed by atoms with van der Waals surface area (Å²) in [5, 5.41) is 3.37. The van der Waals surface area contributed by atoms with Gasteiger partial charge in [0.05, 0.1) is 17.1 Å². The Labute approximate surface area is 227 Å². The Kier molecular flexibility index (Phi) is 7.10. The summed E-state index contributed by atoms with van der Waals surface area (Å²) < 4.78 is 4.42. The van der Waals surface area contributed by atoms with E-state index in [1.165, 1.54) is 23.1 Å². The quantitative estimate of drug-likeness (QED) is 0.148. The second-order valence-electron chi connectivity index (χ2n) is 8.65. The Bertz CT molecular complexity index is 1750. The first kappa shape index (κ1) is 25.1. The molecule has 0 unspecified atom stereocenters. The summed E-state index contributed by atoms with van der Waals surface area (Å²) in [6.07, 6.45) is 0. The Hall–Kier alpha value is -3.53. The molecule has 5 rings (SSSR count). The maximum atomic E-state index is 13.8. The highest BCUT2D eigenvalue weighted by Gasteiger charge is 2.20. The lowest BCUT2D eigenvalue weighted by Crippen LogP contribution is -2.22. The molecule has 1 N–H and O–H groups in total. The number of hydrogen-bond donors (Lipinski definition) is 1. The summed E-state index contributed by atoms with van der Waals surface area (Å²) in [5.41, 5.74) is 5.88. The van der Waals surface area contributed by atoms with E-state index in [9.17, 15) is 9.59 Å². The van der Waals surface area contributed by atoms with E-state index in [-0.39, 0.29) is 17.2 Å². The summed E-state index contributed by atoms with van der Waals surface area (Å²) in [6.45, 7) is 6.04. The number of carbonyl (C=O) groups excluding carboxylic acids is 1. The third-order valence-electron chi connectivity index (χ3n) is 6.07. The lowest BCUT2D eigenvalue weighted by molar-refractivity contribution is -0.113. The van der Waals surface area contributed by atoms with Gasteiger partial charge in [-0.1, -0.05) is 65.6 Å². The second-order valence-corrected chi connectivity index (χ2v) is 11.2. The van der Waals surface area contributed by atoms with Crippen molar-refractivity contribution in [1.82, 2.24) is 14.1 Å². The van der Waals surface area contributed by atoms with Crippen molar-refractivity contribution >= 4 is 57.3 Å². The number of nitrogens with one attached hydrogen (secondary N) is 1. The van der Waals surface area contributed by atoms with Crippen molar-refractivity contribution in [3.8, 4) is 11.4 Å². The highest BCUT2D eigenvalue weighted by molar-refractivity contribution is 7.99. The number of thiazole rings is 1. The van der Waals surface area contributed by atoms with E-state index in [1.807, 2.05) is 98.1 Å². The average Bonchev–Trinajstić information content (AvgIpc) is 3.22. The molecule has 1 amide bonds. The molecule has 6 nitrogen and oxygen atoms in total. The van der Waals surface area contributed by atoms with Crippen LogP contribution < -0.4 is 10.9 Å². The van der Waals surface area contributed by atoms with Crippen LogP contribution in [0.4, 0.5) is 5.69 Å².